The molecule has 152 valence electrons. The summed E-state index contributed by atoms with van der Waals surface area (Å²) in [4.78, 5) is 4.34. The standard InChI is InChI=1S/C20H24N6O2S/c1-22-20(23-13-16-7-9-19(10-8-16)29(21,27)28)24-14-17-5-2-3-6-18(17)15-26-12-4-11-25-26/h2-12H,13-15H2,1H3,(H2,21,27,28)(H2,22,23,24). The van der Waals surface area contributed by atoms with Gasteiger partial charge in [0.05, 0.1) is 11.4 Å². The minimum Gasteiger partial charge on any atom is -0.352 e. The molecule has 8 nitrogen and oxygen atoms in total. The lowest BCUT2D eigenvalue weighted by molar-refractivity contribution is 0.597. The van der Waals surface area contributed by atoms with Gasteiger partial charge in [0, 0.05) is 32.5 Å². The van der Waals surface area contributed by atoms with E-state index in [1.165, 1.54) is 17.7 Å². The number of primary sulfonamides is 1. The lowest BCUT2D eigenvalue weighted by atomic mass is 10.1. The number of benzene rings is 2. The number of hydrogen-bond donors (Lipinski definition) is 3. The van der Waals surface area contributed by atoms with Crippen molar-refractivity contribution in [2.75, 3.05) is 7.05 Å². The van der Waals surface area contributed by atoms with Crippen LogP contribution in [0.5, 0.6) is 0 Å². The van der Waals surface area contributed by atoms with Crippen LogP contribution in [0.4, 0.5) is 0 Å². The predicted molar refractivity (Wildman–Crippen MR) is 113 cm³/mol. The molecule has 0 radical (unpaired) electrons. The second kappa shape index (κ2) is 9.35. The quantitative estimate of drug-likeness (QED) is 0.401. The fourth-order valence-corrected chi connectivity index (χ4v) is 3.35. The van der Waals surface area contributed by atoms with E-state index in [1.54, 1.807) is 25.4 Å². The monoisotopic (exact) mass is 412 g/mol. The zero-order valence-electron chi connectivity index (χ0n) is 16.1. The molecule has 0 aliphatic heterocycles. The smallest absolute Gasteiger partial charge is 0.238 e. The second-order valence-electron chi connectivity index (χ2n) is 6.44. The minimum atomic E-state index is -3.68. The van der Waals surface area contributed by atoms with Gasteiger partial charge in [0.2, 0.25) is 10.0 Å². The fourth-order valence-electron chi connectivity index (χ4n) is 2.84. The number of aromatic nitrogens is 2. The van der Waals surface area contributed by atoms with E-state index >= 15 is 0 Å². The number of sulfonamides is 1. The Hall–Kier alpha value is -3.17. The molecule has 0 amide bonds. The van der Waals surface area contributed by atoms with Crippen LogP contribution in [0.25, 0.3) is 0 Å². The summed E-state index contributed by atoms with van der Waals surface area (Å²) >= 11 is 0. The zero-order chi connectivity index (χ0) is 20.7. The molecule has 0 saturated heterocycles. The Morgan fingerprint density at radius 1 is 1.03 bits per heavy atom. The summed E-state index contributed by atoms with van der Waals surface area (Å²) in [6.45, 7) is 1.81. The molecular formula is C20H24N6O2S. The van der Waals surface area contributed by atoms with E-state index in [2.05, 4.69) is 32.9 Å². The molecule has 0 saturated carbocycles. The van der Waals surface area contributed by atoms with Gasteiger partial charge in [-0.25, -0.2) is 13.6 Å². The van der Waals surface area contributed by atoms with Crippen LogP contribution in [0, 0.1) is 0 Å². The summed E-state index contributed by atoms with van der Waals surface area (Å²) in [6, 6.07) is 16.5. The SMILES string of the molecule is CN=C(NCc1ccc(S(N)(=O)=O)cc1)NCc1ccccc1Cn1cccn1. The molecular weight excluding hydrogens is 388 g/mol. The summed E-state index contributed by atoms with van der Waals surface area (Å²) in [5.74, 6) is 0.648. The van der Waals surface area contributed by atoms with E-state index < -0.39 is 10.0 Å². The van der Waals surface area contributed by atoms with Crippen molar-refractivity contribution in [3.05, 3.63) is 83.7 Å². The molecule has 0 aliphatic carbocycles. The first-order valence-electron chi connectivity index (χ1n) is 9.06. The average molecular weight is 413 g/mol. The van der Waals surface area contributed by atoms with E-state index in [0.29, 0.717) is 25.6 Å². The number of nitrogens with one attached hydrogen (secondary N) is 2. The van der Waals surface area contributed by atoms with Crippen molar-refractivity contribution in [1.29, 1.82) is 0 Å². The second-order valence-corrected chi connectivity index (χ2v) is 8.00. The van der Waals surface area contributed by atoms with Crippen molar-refractivity contribution in [2.24, 2.45) is 10.1 Å². The Morgan fingerprint density at radius 2 is 1.72 bits per heavy atom. The van der Waals surface area contributed by atoms with Gasteiger partial charge in [0.15, 0.2) is 5.96 Å². The van der Waals surface area contributed by atoms with Gasteiger partial charge in [-0.15, -0.1) is 0 Å². The summed E-state index contributed by atoms with van der Waals surface area (Å²) in [6.07, 6.45) is 3.70. The highest BCUT2D eigenvalue weighted by Gasteiger charge is 2.08. The first-order valence-corrected chi connectivity index (χ1v) is 10.6. The third-order valence-electron chi connectivity index (χ3n) is 4.39. The van der Waals surface area contributed by atoms with Crippen LogP contribution in [0.15, 0.2) is 76.9 Å². The molecule has 0 bridgehead atoms. The van der Waals surface area contributed by atoms with Gasteiger partial charge in [-0.05, 0) is 34.9 Å². The molecule has 0 fully saturated rings. The van der Waals surface area contributed by atoms with Gasteiger partial charge in [-0.3, -0.25) is 9.67 Å². The first-order chi connectivity index (χ1) is 14.0. The molecule has 0 unspecified atom stereocenters. The van der Waals surface area contributed by atoms with Crippen molar-refractivity contribution in [1.82, 2.24) is 20.4 Å². The van der Waals surface area contributed by atoms with Gasteiger partial charge < -0.3 is 10.6 Å². The summed E-state index contributed by atoms with van der Waals surface area (Å²) in [5.41, 5.74) is 3.25. The fraction of sp³-hybridized carbons (Fsp3) is 0.200. The van der Waals surface area contributed by atoms with Crippen LogP contribution in [-0.2, 0) is 29.7 Å². The largest absolute Gasteiger partial charge is 0.352 e. The van der Waals surface area contributed by atoms with Gasteiger partial charge in [-0.1, -0.05) is 36.4 Å². The van der Waals surface area contributed by atoms with Crippen LogP contribution in [-0.4, -0.2) is 31.2 Å². The molecule has 3 rings (SSSR count). The third-order valence-corrected chi connectivity index (χ3v) is 5.32. The number of guanidine groups is 1. The summed E-state index contributed by atoms with van der Waals surface area (Å²) < 4.78 is 24.5. The molecule has 2 aromatic carbocycles. The first kappa shape index (κ1) is 20.6. The predicted octanol–water partition coefficient (Wildman–Crippen LogP) is 1.44. The normalized spacial score (nSPS) is 12.0. The number of aliphatic imine (C=N–C) groups is 1. The lowest BCUT2D eigenvalue weighted by Gasteiger charge is -2.14. The highest BCUT2D eigenvalue weighted by atomic mass is 32.2. The van der Waals surface area contributed by atoms with E-state index in [9.17, 15) is 8.42 Å². The zero-order valence-corrected chi connectivity index (χ0v) is 16.9. The topological polar surface area (TPSA) is 114 Å². The molecule has 1 aromatic heterocycles. The Balaban J connectivity index is 1.57. The van der Waals surface area contributed by atoms with Crippen LogP contribution in [0.2, 0.25) is 0 Å². The molecule has 0 atom stereocenters. The molecule has 1 heterocycles. The maximum atomic E-state index is 11.3. The van der Waals surface area contributed by atoms with Gasteiger partial charge >= 0.3 is 0 Å². The summed E-state index contributed by atoms with van der Waals surface area (Å²) in [5, 5.41) is 15.9. The van der Waals surface area contributed by atoms with Crippen LogP contribution >= 0.6 is 0 Å². The molecule has 0 spiro atoms. The molecule has 4 N–H and O–H groups in total. The minimum absolute atomic E-state index is 0.0950. The number of nitrogens with zero attached hydrogens (tertiary/aromatic N) is 3. The molecule has 3 aromatic rings. The van der Waals surface area contributed by atoms with Crippen LogP contribution < -0.4 is 15.8 Å². The maximum Gasteiger partial charge on any atom is 0.238 e. The Labute approximate surface area is 170 Å². The number of hydrogen-bond acceptors (Lipinski definition) is 4. The van der Waals surface area contributed by atoms with E-state index in [-0.39, 0.29) is 4.90 Å². The summed E-state index contributed by atoms with van der Waals surface area (Å²) in [7, 11) is -1.98. The highest BCUT2D eigenvalue weighted by molar-refractivity contribution is 7.89. The van der Waals surface area contributed by atoms with Gasteiger partial charge in [0.1, 0.15) is 0 Å². The third kappa shape index (κ3) is 5.90. The Kier molecular flexibility index (Phi) is 6.63. The molecule has 29 heavy (non-hydrogen) atoms. The lowest BCUT2D eigenvalue weighted by Crippen LogP contribution is -2.36. The molecule has 9 heteroatoms. The van der Waals surface area contributed by atoms with Crippen molar-refractivity contribution >= 4 is 16.0 Å². The van der Waals surface area contributed by atoms with E-state index in [1.807, 2.05) is 29.1 Å². The number of nitrogens with two attached hydrogens (primary N) is 1. The molecule has 0 aliphatic rings. The van der Waals surface area contributed by atoms with Crippen molar-refractivity contribution in [3.8, 4) is 0 Å². The van der Waals surface area contributed by atoms with E-state index in [0.717, 1.165) is 11.1 Å². The average Bonchev–Trinajstić information content (AvgIpc) is 3.22. The van der Waals surface area contributed by atoms with Gasteiger partial charge in [0.25, 0.3) is 0 Å². The van der Waals surface area contributed by atoms with Crippen molar-refractivity contribution in [2.45, 2.75) is 24.5 Å². The van der Waals surface area contributed by atoms with E-state index in [4.69, 9.17) is 5.14 Å². The van der Waals surface area contributed by atoms with Gasteiger partial charge in [-0.2, -0.15) is 5.10 Å². The maximum absolute atomic E-state index is 11.3. The van der Waals surface area contributed by atoms with Crippen LogP contribution in [0.3, 0.4) is 0 Å². The van der Waals surface area contributed by atoms with Crippen molar-refractivity contribution in [3.63, 3.8) is 0 Å². The van der Waals surface area contributed by atoms with Crippen LogP contribution in [0.1, 0.15) is 16.7 Å². The van der Waals surface area contributed by atoms with Crippen molar-refractivity contribution < 1.29 is 8.42 Å². The highest BCUT2D eigenvalue weighted by Crippen LogP contribution is 2.11. The Bertz CT molecular complexity index is 1060. The number of rotatable bonds is 7. The Morgan fingerprint density at radius 3 is 2.34 bits per heavy atom.